The van der Waals surface area contributed by atoms with E-state index in [0.29, 0.717) is 13.0 Å². The topological polar surface area (TPSA) is 129 Å². The second kappa shape index (κ2) is 16.4. The average molecular weight is 502 g/mol. The summed E-state index contributed by atoms with van der Waals surface area (Å²) in [4.78, 5) is 35.9. The fourth-order valence-corrected chi connectivity index (χ4v) is 2.97. The lowest BCUT2D eigenvalue weighted by Gasteiger charge is -2.20. The molecule has 4 N–H and O–H groups in total. The van der Waals surface area contributed by atoms with E-state index in [1.807, 2.05) is 68.7 Å². The van der Waals surface area contributed by atoms with Crippen LogP contribution in [0.15, 0.2) is 54.6 Å². The molecule has 1 saturated heterocycles. The number of benzene rings is 2. The summed E-state index contributed by atoms with van der Waals surface area (Å²) in [7, 11) is 5.42. The number of aliphatic hydroxyl groups excluding tert-OH is 1. The number of rotatable bonds is 10. The van der Waals surface area contributed by atoms with E-state index in [1.54, 1.807) is 14.0 Å². The van der Waals surface area contributed by atoms with E-state index in [4.69, 9.17) is 14.6 Å². The molecular weight excluding hydrogens is 462 g/mol. The van der Waals surface area contributed by atoms with Crippen LogP contribution in [0.5, 0.6) is 5.75 Å². The molecule has 9 nitrogen and oxygen atoms in total. The quantitative estimate of drug-likeness (QED) is 0.362. The van der Waals surface area contributed by atoms with Crippen molar-refractivity contribution in [3.63, 3.8) is 0 Å². The van der Waals surface area contributed by atoms with Crippen LogP contribution < -0.4 is 20.7 Å². The molecule has 36 heavy (non-hydrogen) atoms. The molecule has 3 rings (SSSR count). The summed E-state index contributed by atoms with van der Waals surface area (Å²) in [5, 5.41) is 16.5. The number of amides is 2. The molecule has 2 atom stereocenters. The van der Waals surface area contributed by atoms with Gasteiger partial charge in [0.15, 0.2) is 5.78 Å². The van der Waals surface area contributed by atoms with E-state index >= 15 is 0 Å². The number of ketones is 1. The number of hydrogen-bond donors (Lipinski definition) is 4. The van der Waals surface area contributed by atoms with E-state index in [2.05, 4.69) is 22.9 Å². The molecule has 0 aromatic heterocycles. The van der Waals surface area contributed by atoms with Crippen LogP contribution in [0.1, 0.15) is 24.5 Å². The summed E-state index contributed by atoms with van der Waals surface area (Å²) >= 11 is 0. The summed E-state index contributed by atoms with van der Waals surface area (Å²) in [6.45, 7) is 3.58. The first-order chi connectivity index (χ1) is 17.2. The molecule has 2 aromatic rings. The van der Waals surface area contributed by atoms with Crippen LogP contribution in [0.25, 0.3) is 0 Å². The van der Waals surface area contributed by atoms with Crippen LogP contribution in [-0.4, -0.2) is 75.3 Å². The first-order valence-electron chi connectivity index (χ1n) is 11.8. The zero-order valence-electron chi connectivity index (χ0n) is 21.8. The van der Waals surface area contributed by atoms with Crippen molar-refractivity contribution < 1.29 is 29.0 Å². The van der Waals surface area contributed by atoms with Gasteiger partial charge < -0.3 is 30.5 Å². The standard InChI is InChI=1S/C17H22N2O5.C8H10O.C2H7N/c1-17(11-24-17)16(23)13(9-12-5-3-2-4-6-12)19-15(22)10-18-14(21)7-8-20;1-7-3-5-8(9-2)6-4-7;1-3-2/h2-6,13,20H,7-11H2,1H3,(H,18,21)(H,19,22);3-6H,1-2H3;3H,1-2H3/t13?,17-;;/m1../s1. The highest BCUT2D eigenvalue weighted by molar-refractivity contribution is 5.97. The Balaban J connectivity index is 0.000000446. The molecule has 198 valence electrons. The van der Waals surface area contributed by atoms with Gasteiger partial charge in [-0.3, -0.25) is 14.4 Å². The minimum atomic E-state index is -0.840. The number of ether oxygens (including phenoxy) is 2. The van der Waals surface area contributed by atoms with Crippen molar-refractivity contribution in [1.29, 1.82) is 0 Å². The molecular formula is C27H39N3O6. The molecule has 1 unspecified atom stereocenters. The van der Waals surface area contributed by atoms with Gasteiger partial charge in [0.25, 0.3) is 0 Å². The van der Waals surface area contributed by atoms with Gasteiger partial charge in [0.2, 0.25) is 11.8 Å². The molecule has 0 aliphatic carbocycles. The molecule has 1 heterocycles. The molecule has 0 spiro atoms. The fourth-order valence-electron chi connectivity index (χ4n) is 2.97. The monoisotopic (exact) mass is 501 g/mol. The smallest absolute Gasteiger partial charge is 0.239 e. The van der Waals surface area contributed by atoms with Gasteiger partial charge in [-0.15, -0.1) is 0 Å². The van der Waals surface area contributed by atoms with E-state index in [0.717, 1.165) is 11.3 Å². The van der Waals surface area contributed by atoms with Gasteiger partial charge >= 0.3 is 0 Å². The molecule has 9 heteroatoms. The van der Waals surface area contributed by atoms with Crippen LogP contribution in [0.3, 0.4) is 0 Å². The SMILES string of the molecule is CNC.COc1ccc(C)cc1.C[C@]1(C(=O)C(Cc2ccccc2)NC(=O)CNC(=O)CCO)CO1. The van der Waals surface area contributed by atoms with Gasteiger partial charge in [0.1, 0.15) is 11.4 Å². The molecule has 1 aliphatic rings. The maximum absolute atomic E-state index is 12.5. The molecule has 0 bridgehead atoms. The third-order valence-electron chi connectivity index (χ3n) is 5.07. The largest absolute Gasteiger partial charge is 0.497 e. The number of aliphatic hydroxyl groups is 1. The fraction of sp³-hybridized carbons (Fsp3) is 0.444. The van der Waals surface area contributed by atoms with Gasteiger partial charge in [-0.25, -0.2) is 0 Å². The van der Waals surface area contributed by atoms with Gasteiger partial charge in [-0.1, -0.05) is 48.0 Å². The Kier molecular flexibility index (Phi) is 14.0. The van der Waals surface area contributed by atoms with Crippen LogP contribution in [0.4, 0.5) is 0 Å². The van der Waals surface area contributed by atoms with Crippen molar-refractivity contribution in [2.75, 3.05) is 41.0 Å². The third kappa shape index (κ3) is 11.9. The maximum Gasteiger partial charge on any atom is 0.239 e. The Labute approximate surface area is 213 Å². The molecule has 2 aromatic carbocycles. The molecule has 2 amide bonds. The first-order valence-corrected chi connectivity index (χ1v) is 11.8. The summed E-state index contributed by atoms with van der Waals surface area (Å²) in [5.41, 5.74) is 1.34. The highest BCUT2D eigenvalue weighted by atomic mass is 16.6. The number of nitrogens with one attached hydrogen (secondary N) is 3. The van der Waals surface area contributed by atoms with Gasteiger partial charge in [0.05, 0.1) is 32.9 Å². The number of carbonyl (C=O) groups is 3. The second-order valence-electron chi connectivity index (χ2n) is 8.46. The highest BCUT2D eigenvalue weighted by Crippen LogP contribution is 2.29. The van der Waals surface area contributed by atoms with Crippen LogP contribution in [0.2, 0.25) is 0 Å². The maximum atomic E-state index is 12.5. The number of methoxy groups -OCH3 is 1. The Morgan fingerprint density at radius 3 is 2.14 bits per heavy atom. The van der Waals surface area contributed by atoms with Crippen LogP contribution >= 0.6 is 0 Å². The minimum absolute atomic E-state index is 0.0639. The van der Waals surface area contributed by atoms with E-state index in [1.165, 1.54) is 5.56 Å². The number of Topliss-reactive ketones (excluding diaryl/α,β-unsaturated/α-hetero) is 1. The van der Waals surface area contributed by atoms with Crippen molar-refractivity contribution in [2.24, 2.45) is 0 Å². The van der Waals surface area contributed by atoms with Gasteiger partial charge in [-0.05, 0) is 52.1 Å². The number of aryl methyl sites for hydroxylation is 1. The summed E-state index contributed by atoms with van der Waals surface area (Å²) in [5.74, 6) is -0.141. The first kappa shape index (κ1) is 30.8. The van der Waals surface area contributed by atoms with E-state index < -0.39 is 23.5 Å². The average Bonchev–Trinajstić information content (AvgIpc) is 3.62. The highest BCUT2D eigenvalue weighted by Gasteiger charge is 2.49. The third-order valence-corrected chi connectivity index (χ3v) is 5.07. The Bertz CT molecular complexity index is 930. The zero-order chi connectivity index (χ0) is 27.0. The Hall–Kier alpha value is -3.27. The van der Waals surface area contributed by atoms with Gasteiger partial charge in [-0.2, -0.15) is 0 Å². The van der Waals surface area contributed by atoms with Gasteiger partial charge in [0, 0.05) is 6.42 Å². The normalized spacial score (nSPS) is 16.2. The predicted octanol–water partition coefficient (Wildman–Crippen LogP) is 1.41. The number of carbonyl (C=O) groups excluding carboxylic acids is 3. The van der Waals surface area contributed by atoms with Crippen molar-refractivity contribution >= 4 is 17.6 Å². The van der Waals surface area contributed by atoms with Crippen molar-refractivity contribution in [3.05, 3.63) is 65.7 Å². The molecule has 1 aliphatic heterocycles. The van der Waals surface area contributed by atoms with Crippen LogP contribution in [0, 0.1) is 6.92 Å². The molecule has 0 radical (unpaired) electrons. The van der Waals surface area contributed by atoms with Crippen LogP contribution in [-0.2, 0) is 25.5 Å². The Morgan fingerprint density at radius 2 is 1.64 bits per heavy atom. The van der Waals surface area contributed by atoms with E-state index in [9.17, 15) is 14.4 Å². The molecule has 0 saturated carbocycles. The molecule has 1 fully saturated rings. The predicted molar refractivity (Wildman–Crippen MR) is 139 cm³/mol. The zero-order valence-corrected chi connectivity index (χ0v) is 21.8. The van der Waals surface area contributed by atoms with E-state index in [-0.39, 0.29) is 25.4 Å². The minimum Gasteiger partial charge on any atom is -0.497 e. The summed E-state index contributed by atoms with van der Waals surface area (Å²) < 4.78 is 10.2. The lowest BCUT2D eigenvalue weighted by atomic mass is 9.95. The van der Waals surface area contributed by atoms with Crippen molar-refractivity contribution in [2.45, 2.75) is 38.3 Å². The number of epoxide rings is 1. The lowest BCUT2D eigenvalue weighted by molar-refractivity contribution is -0.131. The Morgan fingerprint density at radius 1 is 1.06 bits per heavy atom. The summed E-state index contributed by atoms with van der Waals surface area (Å²) in [6, 6.07) is 16.6. The number of hydrogen-bond acceptors (Lipinski definition) is 7. The van der Waals surface area contributed by atoms with Crippen molar-refractivity contribution in [1.82, 2.24) is 16.0 Å². The lowest BCUT2D eigenvalue weighted by Crippen LogP contribution is -2.50. The van der Waals surface area contributed by atoms with Crippen molar-refractivity contribution in [3.8, 4) is 5.75 Å². The summed E-state index contributed by atoms with van der Waals surface area (Å²) in [6.07, 6.45) is 0.292. The second-order valence-corrected chi connectivity index (χ2v) is 8.46.